The summed E-state index contributed by atoms with van der Waals surface area (Å²) < 4.78 is 6.05. The molecular formula is C22H26N4O. The third kappa shape index (κ3) is 4.31. The molecule has 0 saturated carbocycles. The van der Waals surface area contributed by atoms with Crippen LogP contribution in [0.15, 0.2) is 54.7 Å². The lowest BCUT2D eigenvalue weighted by Gasteiger charge is -2.29. The molecule has 0 radical (unpaired) electrons. The lowest BCUT2D eigenvalue weighted by atomic mass is 10.1. The molecule has 5 heteroatoms. The summed E-state index contributed by atoms with van der Waals surface area (Å²) in [5.41, 5.74) is 8.03. The van der Waals surface area contributed by atoms with Gasteiger partial charge in [0.25, 0.3) is 0 Å². The van der Waals surface area contributed by atoms with Crippen LogP contribution >= 0.6 is 0 Å². The molecule has 1 aromatic heterocycles. The van der Waals surface area contributed by atoms with Crippen LogP contribution in [0.3, 0.4) is 0 Å². The van der Waals surface area contributed by atoms with E-state index < -0.39 is 0 Å². The normalized spacial score (nSPS) is 15.7. The van der Waals surface area contributed by atoms with Gasteiger partial charge in [0.2, 0.25) is 0 Å². The fourth-order valence-corrected chi connectivity index (χ4v) is 3.51. The molecule has 0 spiro atoms. The first-order chi connectivity index (χ1) is 13.2. The molecule has 0 aliphatic carbocycles. The van der Waals surface area contributed by atoms with Crippen LogP contribution in [-0.4, -0.2) is 36.1 Å². The van der Waals surface area contributed by atoms with Crippen LogP contribution in [0.1, 0.15) is 18.4 Å². The van der Waals surface area contributed by atoms with Gasteiger partial charge in [-0.15, -0.1) is 0 Å². The predicted molar refractivity (Wildman–Crippen MR) is 111 cm³/mol. The van der Waals surface area contributed by atoms with E-state index in [1.807, 2.05) is 30.5 Å². The Bertz CT molecular complexity index is 902. The Morgan fingerprint density at radius 3 is 2.78 bits per heavy atom. The number of nitrogens with zero attached hydrogens (tertiary/aromatic N) is 2. The monoisotopic (exact) mass is 362 g/mol. The van der Waals surface area contributed by atoms with E-state index in [2.05, 4.69) is 46.5 Å². The van der Waals surface area contributed by atoms with E-state index >= 15 is 0 Å². The minimum absolute atomic E-state index is 0.298. The molecule has 0 atom stereocenters. The van der Waals surface area contributed by atoms with Gasteiger partial charge in [-0.05, 0) is 55.1 Å². The number of benzene rings is 2. The first kappa shape index (κ1) is 17.6. The second kappa shape index (κ2) is 7.84. The number of hydrogen-bond acceptors (Lipinski definition) is 5. The van der Waals surface area contributed by atoms with Crippen LogP contribution < -0.4 is 15.8 Å². The van der Waals surface area contributed by atoms with Crippen molar-refractivity contribution in [1.82, 2.24) is 9.88 Å². The van der Waals surface area contributed by atoms with E-state index in [0.29, 0.717) is 12.6 Å². The van der Waals surface area contributed by atoms with Crippen LogP contribution in [-0.2, 0) is 6.54 Å². The smallest absolute Gasteiger partial charge is 0.138 e. The maximum Gasteiger partial charge on any atom is 0.138 e. The van der Waals surface area contributed by atoms with Crippen molar-refractivity contribution in [1.29, 1.82) is 0 Å². The summed E-state index contributed by atoms with van der Waals surface area (Å²) in [6, 6.07) is 16.3. The van der Waals surface area contributed by atoms with Crippen molar-refractivity contribution in [3.8, 4) is 5.75 Å². The van der Waals surface area contributed by atoms with Crippen LogP contribution in [0.25, 0.3) is 10.8 Å². The third-order valence-electron chi connectivity index (χ3n) is 5.16. The van der Waals surface area contributed by atoms with E-state index in [1.54, 1.807) is 0 Å². The zero-order valence-corrected chi connectivity index (χ0v) is 15.7. The second-order valence-electron chi connectivity index (χ2n) is 7.26. The summed E-state index contributed by atoms with van der Waals surface area (Å²) in [6.07, 6.45) is 4.25. The third-order valence-corrected chi connectivity index (χ3v) is 5.16. The molecule has 5 nitrogen and oxygen atoms in total. The van der Waals surface area contributed by atoms with Gasteiger partial charge in [0, 0.05) is 30.7 Å². The molecule has 2 heterocycles. The molecule has 0 unspecified atom stereocenters. The number of ether oxygens (including phenoxy) is 1. The molecule has 27 heavy (non-hydrogen) atoms. The Balaban J connectivity index is 1.35. The number of anilines is 2. The molecule has 1 aliphatic rings. The summed E-state index contributed by atoms with van der Waals surface area (Å²) in [5.74, 6) is 1.69. The minimum Gasteiger partial charge on any atom is -0.489 e. The van der Waals surface area contributed by atoms with E-state index in [4.69, 9.17) is 10.5 Å². The van der Waals surface area contributed by atoms with Gasteiger partial charge >= 0.3 is 0 Å². The number of fused-ring (bicyclic) bond motifs is 1. The number of nitrogen functional groups attached to an aromatic ring is 1. The molecule has 3 aromatic rings. The second-order valence-corrected chi connectivity index (χ2v) is 7.26. The highest BCUT2D eigenvalue weighted by Crippen LogP contribution is 2.23. The molecule has 4 rings (SSSR count). The summed E-state index contributed by atoms with van der Waals surface area (Å²) >= 11 is 0. The number of aromatic nitrogens is 1. The topological polar surface area (TPSA) is 63.4 Å². The Kier molecular flexibility index (Phi) is 5.12. The minimum atomic E-state index is 0.298. The fraction of sp³-hybridized carbons (Fsp3) is 0.318. The summed E-state index contributed by atoms with van der Waals surface area (Å²) in [4.78, 5) is 6.82. The number of nitrogens with two attached hydrogens (primary N) is 1. The number of nitrogens with one attached hydrogen (secondary N) is 1. The molecule has 0 amide bonds. The average molecular weight is 362 g/mol. The Morgan fingerprint density at radius 1 is 1.15 bits per heavy atom. The van der Waals surface area contributed by atoms with Crippen molar-refractivity contribution in [2.75, 3.05) is 31.2 Å². The highest BCUT2D eigenvalue weighted by Gasteiger charge is 2.17. The zero-order chi connectivity index (χ0) is 18.6. The van der Waals surface area contributed by atoms with Gasteiger partial charge in [-0.25, -0.2) is 4.98 Å². The van der Waals surface area contributed by atoms with Gasteiger partial charge in [-0.2, -0.15) is 0 Å². The Hall–Kier alpha value is -2.79. The van der Waals surface area contributed by atoms with Crippen LogP contribution in [0.2, 0.25) is 0 Å². The number of pyridine rings is 1. The predicted octanol–water partition coefficient (Wildman–Crippen LogP) is 3.90. The molecule has 140 valence electrons. The van der Waals surface area contributed by atoms with Crippen molar-refractivity contribution >= 4 is 22.3 Å². The summed E-state index contributed by atoms with van der Waals surface area (Å²) in [5, 5.41) is 5.62. The van der Waals surface area contributed by atoms with Crippen molar-refractivity contribution < 1.29 is 4.74 Å². The van der Waals surface area contributed by atoms with E-state index in [-0.39, 0.29) is 0 Å². The maximum atomic E-state index is 6.05. The molecule has 2 aromatic carbocycles. The molecule has 1 aliphatic heterocycles. The maximum absolute atomic E-state index is 6.05. The van der Waals surface area contributed by atoms with Crippen LogP contribution in [0.5, 0.6) is 5.75 Å². The van der Waals surface area contributed by atoms with Gasteiger partial charge in [-0.3, -0.25) is 0 Å². The molecule has 0 bridgehead atoms. The van der Waals surface area contributed by atoms with E-state index in [0.717, 1.165) is 54.0 Å². The summed E-state index contributed by atoms with van der Waals surface area (Å²) in [6.45, 7) is 2.90. The molecular weight excluding hydrogens is 336 g/mol. The first-order valence-corrected chi connectivity index (χ1v) is 9.49. The van der Waals surface area contributed by atoms with Gasteiger partial charge < -0.3 is 20.7 Å². The number of hydrogen-bond donors (Lipinski definition) is 2. The van der Waals surface area contributed by atoms with Gasteiger partial charge in [-0.1, -0.05) is 24.3 Å². The summed E-state index contributed by atoms with van der Waals surface area (Å²) in [7, 11) is 2.16. The van der Waals surface area contributed by atoms with Crippen LogP contribution in [0.4, 0.5) is 11.5 Å². The highest BCUT2D eigenvalue weighted by atomic mass is 16.5. The lowest BCUT2D eigenvalue weighted by molar-refractivity contribution is 0.114. The number of piperidine rings is 1. The van der Waals surface area contributed by atoms with Crippen molar-refractivity contribution in [2.24, 2.45) is 0 Å². The van der Waals surface area contributed by atoms with E-state index in [1.165, 1.54) is 5.56 Å². The zero-order valence-electron chi connectivity index (χ0n) is 15.7. The standard InChI is InChI=1S/C22H26N4O/c1-26-11-9-18(10-12-26)27-19-6-8-22(25-15-19)24-14-16-5-7-20-17(13-16)3-2-4-21(20)23/h2-8,13,15,18H,9-12,14,23H2,1H3,(H,24,25). The number of rotatable bonds is 5. The quantitative estimate of drug-likeness (QED) is 0.674. The van der Waals surface area contributed by atoms with Crippen molar-refractivity contribution in [2.45, 2.75) is 25.5 Å². The highest BCUT2D eigenvalue weighted by molar-refractivity contribution is 5.93. The lowest BCUT2D eigenvalue weighted by Crippen LogP contribution is -2.35. The van der Waals surface area contributed by atoms with Gasteiger partial charge in [0.15, 0.2) is 0 Å². The van der Waals surface area contributed by atoms with Crippen LogP contribution in [0, 0.1) is 0 Å². The largest absolute Gasteiger partial charge is 0.489 e. The SMILES string of the molecule is CN1CCC(Oc2ccc(NCc3ccc4c(N)cccc4c3)nc2)CC1. The molecule has 3 N–H and O–H groups in total. The van der Waals surface area contributed by atoms with Crippen molar-refractivity contribution in [3.63, 3.8) is 0 Å². The van der Waals surface area contributed by atoms with E-state index in [9.17, 15) is 0 Å². The molecule has 1 saturated heterocycles. The van der Waals surface area contributed by atoms with Gasteiger partial charge in [0.05, 0.1) is 6.20 Å². The van der Waals surface area contributed by atoms with Crippen molar-refractivity contribution in [3.05, 3.63) is 60.3 Å². The fourth-order valence-electron chi connectivity index (χ4n) is 3.51. The average Bonchev–Trinajstić information content (AvgIpc) is 2.69. The first-order valence-electron chi connectivity index (χ1n) is 9.49. The van der Waals surface area contributed by atoms with Gasteiger partial charge in [0.1, 0.15) is 17.7 Å². The molecule has 1 fully saturated rings. The Labute approximate surface area is 160 Å². The Morgan fingerprint density at radius 2 is 2.00 bits per heavy atom. The number of likely N-dealkylation sites (tertiary alicyclic amines) is 1.